The molecule has 0 unspecified atom stereocenters. The molecule has 0 radical (unpaired) electrons. The summed E-state index contributed by atoms with van der Waals surface area (Å²) in [6.07, 6.45) is 6.33. The normalized spacial score (nSPS) is 32.0. The first kappa shape index (κ1) is 29.9. The zero-order chi connectivity index (χ0) is 28.9. The van der Waals surface area contributed by atoms with Gasteiger partial charge in [0.2, 0.25) is 0 Å². The van der Waals surface area contributed by atoms with Crippen LogP contribution in [0.5, 0.6) is 0 Å². The molecule has 3 aliphatic heterocycles. The quantitative estimate of drug-likeness (QED) is 0.246. The van der Waals surface area contributed by atoms with Crippen molar-refractivity contribution in [3.8, 4) is 0 Å². The SMILES string of the molecule is C=C[C@@H]1O[C@@H]2C[C@@H]3O[C@H](C=C)[C@@H](OC(=O)c4ccc(Br)cc4)C/C=C\[C@H]3O[C@H]2CC[C@H]1OC(=O)c1ccc(Br)cc1. The van der Waals surface area contributed by atoms with E-state index in [2.05, 4.69) is 45.0 Å². The third kappa shape index (κ3) is 7.27. The Bertz CT molecular complexity index is 1280. The summed E-state index contributed by atoms with van der Waals surface area (Å²) in [5.41, 5.74) is 0.929. The van der Waals surface area contributed by atoms with Gasteiger partial charge in [-0.15, -0.1) is 13.2 Å². The first-order valence-electron chi connectivity index (χ1n) is 13.7. The number of halogens is 2. The molecule has 9 heteroatoms. The fraction of sp³-hybridized carbons (Fsp3) is 0.375. The van der Waals surface area contributed by atoms with E-state index in [9.17, 15) is 9.59 Å². The molecular formula is C32H32Br2O7. The molecule has 0 aliphatic carbocycles. The molecule has 2 aromatic rings. The van der Waals surface area contributed by atoms with Crippen LogP contribution in [-0.2, 0) is 23.7 Å². The molecule has 3 aliphatic rings. The summed E-state index contributed by atoms with van der Waals surface area (Å²) < 4.78 is 32.9. The molecule has 216 valence electrons. The Hall–Kier alpha value is -2.56. The van der Waals surface area contributed by atoms with Crippen LogP contribution in [0.4, 0.5) is 0 Å². The Morgan fingerprint density at radius 1 is 0.732 bits per heavy atom. The minimum Gasteiger partial charge on any atom is -0.456 e. The van der Waals surface area contributed by atoms with E-state index in [1.165, 1.54) is 0 Å². The van der Waals surface area contributed by atoms with Crippen LogP contribution in [0.15, 0.2) is 94.9 Å². The van der Waals surface area contributed by atoms with Crippen molar-refractivity contribution in [2.24, 2.45) is 0 Å². The maximum Gasteiger partial charge on any atom is 0.338 e. The van der Waals surface area contributed by atoms with Gasteiger partial charge in [-0.1, -0.05) is 56.2 Å². The van der Waals surface area contributed by atoms with Crippen molar-refractivity contribution >= 4 is 43.8 Å². The van der Waals surface area contributed by atoms with Crippen LogP contribution in [0.3, 0.4) is 0 Å². The van der Waals surface area contributed by atoms with Gasteiger partial charge in [0.1, 0.15) is 30.5 Å². The molecule has 0 spiro atoms. The Morgan fingerprint density at radius 2 is 1.27 bits per heavy atom. The second-order valence-corrected chi connectivity index (χ2v) is 12.1. The Kier molecular flexibility index (Phi) is 9.93. The minimum atomic E-state index is -0.544. The largest absolute Gasteiger partial charge is 0.456 e. The molecule has 0 N–H and O–H groups in total. The zero-order valence-corrected chi connectivity index (χ0v) is 25.6. The van der Waals surface area contributed by atoms with Crippen molar-refractivity contribution in [1.29, 1.82) is 0 Å². The van der Waals surface area contributed by atoms with E-state index in [4.69, 9.17) is 23.7 Å². The number of ether oxygens (including phenoxy) is 5. The average molecular weight is 688 g/mol. The summed E-state index contributed by atoms with van der Waals surface area (Å²) in [5, 5.41) is 0. The molecule has 41 heavy (non-hydrogen) atoms. The first-order chi connectivity index (χ1) is 19.8. The zero-order valence-electron chi connectivity index (χ0n) is 22.4. The molecule has 0 aromatic heterocycles. The molecule has 7 nitrogen and oxygen atoms in total. The molecule has 2 fully saturated rings. The highest BCUT2D eigenvalue weighted by molar-refractivity contribution is 9.10. The summed E-state index contributed by atoms with van der Waals surface area (Å²) in [4.78, 5) is 25.7. The van der Waals surface area contributed by atoms with Gasteiger partial charge >= 0.3 is 11.9 Å². The van der Waals surface area contributed by atoms with Crippen molar-refractivity contribution in [2.75, 3.05) is 0 Å². The third-order valence-corrected chi connectivity index (χ3v) is 8.60. The van der Waals surface area contributed by atoms with Crippen molar-refractivity contribution < 1.29 is 33.3 Å². The number of fused-ring (bicyclic) bond motifs is 2. The lowest BCUT2D eigenvalue weighted by molar-refractivity contribution is -0.203. The number of carbonyl (C=O) groups excluding carboxylic acids is 2. The van der Waals surface area contributed by atoms with Crippen molar-refractivity contribution in [3.63, 3.8) is 0 Å². The van der Waals surface area contributed by atoms with Gasteiger partial charge < -0.3 is 23.7 Å². The van der Waals surface area contributed by atoms with E-state index in [0.717, 1.165) is 8.95 Å². The Balaban J connectivity index is 1.25. The number of hydrogen-bond acceptors (Lipinski definition) is 7. The molecule has 0 saturated carbocycles. The van der Waals surface area contributed by atoms with Crippen LogP contribution in [-0.4, -0.2) is 60.8 Å². The molecule has 0 amide bonds. The van der Waals surface area contributed by atoms with Gasteiger partial charge in [0, 0.05) is 21.8 Å². The van der Waals surface area contributed by atoms with Gasteiger partial charge in [-0.2, -0.15) is 0 Å². The summed E-state index contributed by atoms with van der Waals surface area (Å²) >= 11 is 6.77. The van der Waals surface area contributed by atoms with E-state index < -0.39 is 36.4 Å². The van der Waals surface area contributed by atoms with E-state index >= 15 is 0 Å². The van der Waals surface area contributed by atoms with E-state index in [-0.39, 0.29) is 24.4 Å². The molecule has 8 atom stereocenters. The molecule has 5 rings (SSSR count). The number of rotatable bonds is 6. The minimum absolute atomic E-state index is 0.198. The van der Waals surface area contributed by atoms with Crippen molar-refractivity contribution in [2.45, 2.75) is 74.5 Å². The van der Waals surface area contributed by atoms with E-state index in [1.54, 1.807) is 60.7 Å². The highest BCUT2D eigenvalue weighted by Gasteiger charge is 2.44. The monoisotopic (exact) mass is 686 g/mol. The highest BCUT2D eigenvalue weighted by Crippen LogP contribution is 2.36. The lowest BCUT2D eigenvalue weighted by Crippen LogP contribution is -2.51. The van der Waals surface area contributed by atoms with E-state index in [1.807, 2.05) is 12.2 Å². The lowest BCUT2D eigenvalue weighted by Gasteiger charge is -2.42. The molecule has 2 aromatic carbocycles. The molecule has 2 saturated heterocycles. The van der Waals surface area contributed by atoms with Crippen LogP contribution in [0.1, 0.15) is 46.4 Å². The molecule has 0 bridgehead atoms. The highest BCUT2D eigenvalue weighted by atomic mass is 79.9. The van der Waals surface area contributed by atoms with Gasteiger partial charge in [0.25, 0.3) is 0 Å². The van der Waals surface area contributed by atoms with Gasteiger partial charge in [-0.05, 0) is 61.4 Å². The topological polar surface area (TPSA) is 80.3 Å². The van der Waals surface area contributed by atoms with Crippen LogP contribution in [0.2, 0.25) is 0 Å². The first-order valence-corrected chi connectivity index (χ1v) is 15.2. The average Bonchev–Trinajstić information content (AvgIpc) is 3.13. The maximum atomic E-state index is 12.8. The molecular weight excluding hydrogens is 656 g/mol. The summed E-state index contributed by atoms with van der Waals surface area (Å²) in [7, 11) is 0. The van der Waals surface area contributed by atoms with Crippen LogP contribution < -0.4 is 0 Å². The van der Waals surface area contributed by atoms with Crippen LogP contribution in [0.25, 0.3) is 0 Å². The smallest absolute Gasteiger partial charge is 0.338 e. The maximum absolute atomic E-state index is 12.8. The lowest BCUT2D eigenvalue weighted by atomic mass is 9.93. The van der Waals surface area contributed by atoms with Gasteiger partial charge in [-0.3, -0.25) is 0 Å². The fourth-order valence-corrected chi connectivity index (χ4v) is 5.91. The Morgan fingerprint density at radius 3 is 1.85 bits per heavy atom. The van der Waals surface area contributed by atoms with E-state index in [0.29, 0.717) is 36.8 Å². The summed E-state index contributed by atoms with van der Waals surface area (Å²) in [6.45, 7) is 7.88. The standard InChI is InChI=1S/C32H32Br2O7/c1-3-23-25(40-31(35)19-8-12-21(33)13-9-19)6-5-7-26-29(37-23)18-30-28(39-26)17-16-27(24(4-2)38-30)41-32(36)20-10-14-22(34)15-11-20/h3-5,7-15,23-30H,1-2,6,16-18H2/b7-5-/t23-,24+,25+,26-,27-,28+,29+,30-/m1/s1. The molecule has 3 heterocycles. The number of carbonyl (C=O) groups is 2. The third-order valence-electron chi connectivity index (χ3n) is 7.55. The van der Waals surface area contributed by atoms with Gasteiger partial charge in [-0.25, -0.2) is 9.59 Å². The van der Waals surface area contributed by atoms with Crippen LogP contribution in [0, 0.1) is 0 Å². The number of benzene rings is 2. The van der Waals surface area contributed by atoms with Crippen molar-refractivity contribution in [3.05, 3.63) is 106 Å². The number of hydrogen-bond donors (Lipinski definition) is 0. The van der Waals surface area contributed by atoms with Gasteiger partial charge in [0.15, 0.2) is 0 Å². The van der Waals surface area contributed by atoms with Gasteiger partial charge in [0.05, 0.1) is 29.4 Å². The summed E-state index contributed by atoms with van der Waals surface area (Å²) in [6, 6.07) is 14.1. The predicted molar refractivity (Wildman–Crippen MR) is 161 cm³/mol. The summed E-state index contributed by atoms with van der Waals surface area (Å²) in [5.74, 6) is -0.831. The van der Waals surface area contributed by atoms with Crippen LogP contribution >= 0.6 is 31.9 Å². The Labute approximate surface area is 256 Å². The fourth-order valence-electron chi connectivity index (χ4n) is 5.38. The predicted octanol–water partition coefficient (Wildman–Crippen LogP) is 6.75. The van der Waals surface area contributed by atoms with Crippen molar-refractivity contribution in [1.82, 2.24) is 0 Å². The second-order valence-electron chi connectivity index (χ2n) is 10.3. The second kappa shape index (κ2) is 13.6. The number of esters is 2.